The Kier molecular flexibility index (Phi) is 5.41. The summed E-state index contributed by atoms with van der Waals surface area (Å²) in [6.07, 6.45) is 5.12. The molecule has 7 heteroatoms. The van der Waals surface area contributed by atoms with Gasteiger partial charge in [-0.15, -0.1) is 0 Å². The number of carbonyl (C=O) groups excluding carboxylic acids is 2. The molecule has 3 aliphatic carbocycles. The van der Waals surface area contributed by atoms with Gasteiger partial charge < -0.3 is 10.2 Å². The van der Waals surface area contributed by atoms with Crippen molar-refractivity contribution in [2.75, 3.05) is 12.4 Å². The Morgan fingerprint density at radius 3 is 2.59 bits per heavy atom. The molecule has 4 aliphatic rings. The summed E-state index contributed by atoms with van der Waals surface area (Å²) in [7, 11) is 1.91. The van der Waals surface area contributed by atoms with Crippen molar-refractivity contribution in [3.8, 4) is 0 Å². The van der Waals surface area contributed by atoms with Crippen LogP contribution in [0.25, 0.3) is 0 Å². The lowest BCUT2D eigenvalue weighted by molar-refractivity contribution is -0.141. The number of nitrogens with zero attached hydrogens (tertiary/aromatic N) is 1. The number of halogens is 3. The predicted molar refractivity (Wildman–Crippen MR) is 124 cm³/mol. The number of anilines is 1. The molecule has 3 saturated carbocycles. The fourth-order valence-electron chi connectivity index (χ4n) is 8.17. The van der Waals surface area contributed by atoms with Gasteiger partial charge in [-0.05, 0) is 86.0 Å². The smallest absolute Gasteiger partial charge is 0.338 e. The van der Waals surface area contributed by atoms with Crippen LogP contribution in [0, 0.1) is 34.5 Å². The first-order valence-electron chi connectivity index (χ1n) is 12.4. The molecule has 0 bridgehead atoms. The van der Waals surface area contributed by atoms with E-state index in [0.717, 1.165) is 50.7 Å². The number of alkyl halides is 3. The van der Waals surface area contributed by atoms with Gasteiger partial charge in [-0.2, -0.15) is 13.2 Å². The number of likely N-dealkylation sites (N-methyl/N-ethyl adjacent to an activating group) is 1. The Balaban J connectivity index is 1.35. The lowest BCUT2D eigenvalue weighted by atomic mass is 9.47. The van der Waals surface area contributed by atoms with Crippen molar-refractivity contribution in [3.05, 3.63) is 42.0 Å². The molecule has 1 aromatic rings. The normalized spacial score (nSPS) is 39.3. The van der Waals surface area contributed by atoms with Crippen molar-refractivity contribution in [2.45, 2.75) is 64.6 Å². The summed E-state index contributed by atoms with van der Waals surface area (Å²) in [4.78, 5) is 27.5. The minimum atomic E-state index is -4.44. The number of fused-ring (bicyclic) bond motifs is 5. The number of carbonyl (C=O) groups is 2. The molecule has 1 unspecified atom stereocenters. The minimum Gasteiger partial charge on any atom is -0.338 e. The first-order valence-corrected chi connectivity index (χ1v) is 12.4. The summed E-state index contributed by atoms with van der Waals surface area (Å²) in [5.41, 5.74) is -0.759. The van der Waals surface area contributed by atoms with Gasteiger partial charge in [0.2, 0.25) is 11.8 Å². The van der Waals surface area contributed by atoms with Crippen molar-refractivity contribution < 1.29 is 22.8 Å². The second-order valence-corrected chi connectivity index (χ2v) is 11.4. The quantitative estimate of drug-likeness (QED) is 0.580. The van der Waals surface area contributed by atoms with Gasteiger partial charge in [-0.1, -0.05) is 26.0 Å². The third-order valence-corrected chi connectivity index (χ3v) is 9.90. The minimum absolute atomic E-state index is 0.0503. The second-order valence-electron chi connectivity index (χ2n) is 11.4. The number of amides is 2. The highest BCUT2D eigenvalue weighted by molar-refractivity contribution is 5.93. The molecule has 0 radical (unpaired) electrons. The van der Waals surface area contributed by atoms with Crippen molar-refractivity contribution in [1.82, 2.24) is 4.90 Å². The summed E-state index contributed by atoms with van der Waals surface area (Å²) >= 11 is 0. The highest BCUT2D eigenvalue weighted by Crippen LogP contribution is 2.65. The maximum Gasteiger partial charge on any atom is 0.416 e. The van der Waals surface area contributed by atoms with Gasteiger partial charge in [0.05, 0.1) is 5.56 Å². The molecule has 3 fully saturated rings. The molecule has 4 nitrogen and oxygen atoms in total. The van der Waals surface area contributed by atoms with Crippen LogP contribution in [0.2, 0.25) is 0 Å². The van der Waals surface area contributed by atoms with Crippen LogP contribution in [-0.4, -0.2) is 29.8 Å². The Morgan fingerprint density at radius 2 is 1.85 bits per heavy atom. The van der Waals surface area contributed by atoms with Gasteiger partial charge >= 0.3 is 6.18 Å². The lowest BCUT2D eigenvalue weighted by Gasteiger charge is -2.60. The number of rotatable bonds is 2. The van der Waals surface area contributed by atoms with Crippen LogP contribution in [0.3, 0.4) is 0 Å². The summed E-state index contributed by atoms with van der Waals surface area (Å²) in [6.45, 7) is 4.52. The Morgan fingerprint density at radius 1 is 1.09 bits per heavy atom. The average molecular weight is 475 g/mol. The zero-order valence-corrected chi connectivity index (χ0v) is 20.0. The molecule has 2 amide bonds. The molecule has 1 N–H and O–H groups in total. The molecule has 0 saturated heterocycles. The second kappa shape index (κ2) is 7.85. The maximum absolute atomic E-state index is 13.3. The highest BCUT2D eigenvalue weighted by Gasteiger charge is 2.61. The number of hydrogen-bond donors (Lipinski definition) is 1. The lowest BCUT2D eigenvalue weighted by Crippen LogP contribution is -2.59. The maximum atomic E-state index is 13.3. The van der Waals surface area contributed by atoms with Crippen LogP contribution >= 0.6 is 0 Å². The molecule has 1 heterocycles. The van der Waals surface area contributed by atoms with E-state index in [1.54, 1.807) is 6.08 Å². The molecule has 0 aromatic heterocycles. The standard InChI is InChI=1S/C27H33F3N2O2/c1-25-13-11-20-18(7-10-22-26(20,2)14-12-23(33)32(22)3)19(25)8-9-21(25)24(34)31-17-6-4-5-16(15-17)27(28,29)30/h4-6,12,14-15,18-22H,7-11,13H2,1-3H3,(H,31,34)/t18-,19-,20-,21?,22+,25-,26+/m0/s1. The topological polar surface area (TPSA) is 49.4 Å². The first kappa shape index (κ1) is 23.4. The van der Waals surface area contributed by atoms with Crippen LogP contribution < -0.4 is 5.32 Å². The van der Waals surface area contributed by atoms with E-state index in [4.69, 9.17) is 0 Å². The van der Waals surface area contributed by atoms with E-state index < -0.39 is 11.7 Å². The van der Waals surface area contributed by atoms with Gasteiger partial charge in [0.25, 0.3) is 0 Å². The first-order chi connectivity index (χ1) is 15.9. The number of benzene rings is 1. The zero-order valence-electron chi connectivity index (χ0n) is 20.0. The summed E-state index contributed by atoms with van der Waals surface area (Å²) in [6, 6.07) is 5.11. The number of nitrogens with one attached hydrogen (secondary N) is 1. The van der Waals surface area contributed by atoms with E-state index in [1.807, 2.05) is 11.9 Å². The van der Waals surface area contributed by atoms with Crippen LogP contribution in [0.1, 0.15) is 57.9 Å². The van der Waals surface area contributed by atoms with Gasteiger partial charge in [0.15, 0.2) is 0 Å². The van der Waals surface area contributed by atoms with Gasteiger partial charge in [0.1, 0.15) is 0 Å². The van der Waals surface area contributed by atoms with Crippen LogP contribution in [0.5, 0.6) is 0 Å². The van der Waals surface area contributed by atoms with E-state index in [9.17, 15) is 22.8 Å². The molecule has 184 valence electrons. The summed E-state index contributed by atoms with van der Waals surface area (Å²) in [5, 5.41) is 2.80. The molecule has 5 rings (SSSR count). The van der Waals surface area contributed by atoms with Crippen molar-refractivity contribution >= 4 is 17.5 Å². The van der Waals surface area contributed by atoms with Crippen LogP contribution in [0.15, 0.2) is 36.4 Å². The SMILES string of the molecule is CN1C(=O)C=C[C@]2(C)[C@H]3CC[C@]4(C)C(C(=O)Nc5cccc(C(F)(F)F)c5)CC[C@H]4[C@@H]3CC[C@@H]12. The molecule has 1 aromatic carbocycles. The van der Waals surface area contributed by atoms with Gasteiger partial charge in [-0.3, -0.25) is 9.59 Å². The van der Waals surface area contributed by atoms with E-state index in [1.165, 1.54) is 12.1 Å². The Bertz CT molecular complexity index is 1040. The van der Waals surface area contributed by atoms with Crippen molar-refractivity contribution in [1.29, 1.82) is 0 Å². The largest absolute Gasteiger partial charge is 0.416 e. The van der Waals surface area contributed by atoms with Gasteiger partial charge in [-0.25, -0.2) is 0 Å². The molecule has 34 heavy (non-hydrogen) atoms. The van der Waals surface area contributed by atoms with Crippen molar-refractivity contribution in [2.24, 2.45) is 34.5 Å². The van der Waals surface area contributed by atoms with Crippen LogP contribution in [-0.2, 0) is 15.8 Å². The predicted octanol–water partition coefficient (Wildman–Crippen LogP) is 5.90. The third kappa shape index (κ3) is 3.49. The molecule has 1 aliphatic heterocycles. The fourth-order valence-corrected chi connectivity index (χ4v) is 8.17. The third-order valence-electron chi connectivity index (χ3n) is 9.90. The summed E-state index contributed by atoms with van der Waals surface area (Å²) < 4.78 is 39.3. The fraction of sp³-hybridized carbons (Fsp3) is 0.630. The number of hydrogen-bond acceptors (Lipinski definition) is 2. The highest BCUT2D eigenvalue weighted by atomic mass is 19.4. The molecular formula is C27H33F3N2O2. The van der Waals surface area contributed by atoms with Gasteiger partial charge in [0, 0.05) is 30.1 Å². The Hall–Kier alpha value is -2.31. The van der Waals surface area contributed by atoms with E-state index in [-0.39, 0.29) is 40.3 Å². The molecule has 7 atom stereocenters. The molecule has 0 spiro atoms. The monoisotopic (exact) mass is 474 g/mol. The Labute approximate surface area is 199 Å². The molecular weight excluding hydrogens is 441 g/mol. The van der Waals surface area contributed by atoms with E-state index in [2.05, 4.69) is 25.2 Å². The average Bonchev–Trinajstić information content (AvgIpc) is 3.13. The van der Waals surface area contributed by atoms with E-state index in [0.29, 0.717) is 17.8 Å². The zero-order chi connectivity index (χ0) is 24.5. The van der Waals surface area contributed by atoms with E-state index >= 15 is 0 Å². The van der Waals surface area contributed by atoms with Crippen LogP contribution in [0.4, 0.5) is 18.9 Å². The van der Waals surface area contributed by atoms with Crippen molar-refractivity contribution in [3.63, 3.8) is 0 Å². The summed E-state index contributed by atoms with van der Waals surface area (Å²) in [5.74, 6) is 1.10.